The molecule has 1 fully saturated rings. The molecule has 0 saturated heterocycles. The topological polar surface area (TPSA) is 27.6 Å². The summed E-state index contributed by atoms with van der Waals surface area (Å²) in [5.41, 5.74) is -0.763. The van der Waals surface area contributed by atoms with Crippen LogP contribution in [-0.2, 0) is 0 Å². The summed E-state index contributed by atoms with van der Waals surface area (Å²) in [6.45, 7) is 2.11. The van der Waals surface area contributed by atoms with E-state index < -0.39 is 11.8 Å². The van der Waals surface area contributed by atoms with Gasteiger partial charge in [0.1, 0.15) is 0 Å². The summed E-state index contributed by atoms with van der Waals surface area (Å²) in [5, 5.41) is 3.05. The second kappa shape index (κ2) is 3.94. The number of rotatable bonds is 3. The maximum Gasteiger partial charge on any atom is 0.245 e. The van der Waals surface area contributed by atoms with Gasteiger partial charge in [0.2, 0.25) is 6.43 Å². The van der Waals surface area contributed by atoms with E-state index in [1.165, 1.54) is 0 Å². The van der Waals surface area contributed by atoms with E-state index in [-0.39, 0.29) is 0 Å². The van der Waals surface area contributed by atoms with E-state index >= 15 is 0 Å². The Balaban J connectivity index is 1.85. The lowest BCUT2D eigenvalue weighted by atomic mass is 10.1. The molecule has 1 aliphatic carbocycles. The van der Waals surface area contributed by atoms with Crippen LogP contribution in [0, 0.1) is 5.41 Å². The van der Waals surface area contributed by atoms with Crippen molar-refractivity contribution >= 4 is 5.96 Å². The van der Waals surface area contributed by atoms with Crippen molar-refractivity contribution in [1.82, 2.24) is 10.2 Å². The molecule has 15 heavy (non-hydrogen) atoms. The molecule has 0 bridgehead atoms. The first-order valence-electron chi connectivity index (χ1n) is 5.42. The molecule has 0 atom stereocenters. The summed E-state index contributed by atoms with van der Waals surface area (Å²) in [6, 6.07) is 0. The standard InChI is InChI=1S/C10H17F2N3/c1-15-6-2-5-13-9(15)14-7-10(3-4-10)8(11)12/h8H,2-7H2,1H3,(H,13,14). The van der Waals surface area contributed by atoms with Crippen molar-refractivity contribution in [2.45, 2.75) is 25.7 Å². The van der Waals surface area contributed by atoms with Crippen molar-refractivity contribution in [3.05, 3.63) is 0 Å². The van der Waals surface area contributed by atoms with Gasteiger partial charge in [-0.2, -0.15) is 0 Å². The molecular formula is C10H17F2N3. The number of guanidine groups is 1. The predicted molar refractivity (Wildman–Crippen MR) is 55.2 cm³/mol. The smallest absolute Gasteiger partial charge is 0.245 e. The van der Waals surface area contributed by atoms with Crippen LogP contribution in [0.5, 0.6) is 0 Å². The van der Waals surface area contributed by atoms with Gasteiger partial charge >= 0.3 is 0 Å². The van der Waals surface area contributed by atoms with Gasteiger partial charge in [0.25, 0.3) is 0 Å². The monoisotopic (exact) mass is 217 g/mol. The number of hydrogen-bond acceptors (Lipinski definition) is 3. The SMILES string of the molecule is CN1CCCN=C1NCC1(C(F)F)CC1. The number of nitrogens with zero attached hydrogens (tertiary/aromatic N) is 2. The highest BCUT2D eigenvalue weighted by Gasteiger charge is 2.51. The van der Waals surface area contributed by atoms with Gasteiger partial charge in [-0.1, -0.05) is 0 Å². The van der Waals surface area contributed by atoms with Crippen molar-refractivity contribution < 1.29 is 8.78 Å². The molecule has 0 unspecified atom stereocenters. The zero-order chi connectivity index (χ0) is 10.9. The molecule has 0 spiro atoms. The molecule has 1 aliphatic heterocycles. The Morgan fingerprint density at radius 1 is 1.53 bits per heavy atom. The Hall–Kier alpha value is -0.870. The van der Waals surface area contributed by atoms with Gasteiger partial charge in [0.05, 0.1) is 0 Å². The molecule has 1 N–H and O–H groups in total. The highest BCUT2D eigenvalue weighted by molar-refractivity contribution is 5.80. The third kappa shape index (κ3) is 2.21. The molecular weight excluding hydrogens is 200 g/mol. The lowest BCUT2D eigenvalue weighted by Gasteiger charge is -2.27. The number of alkyl halides is 2. The van der Waals surface area contributed by atoms with E-state index in [1.807, 2.05) is 11.9 Å². The number of nitrogens with one attached hydrogen (secondary N) is 1. The molecule has 0 aromatic carbocycles. The van der Waals surface area contributed by atoms with Gasteiger partial charge in [-0.05, 0) is 19.3 Å². The molecule has 2 aliphatic rings. The van der Waals surface area contributed by atoms with Crippen molar-refractivity contribution in [1.29, 1.82) is 0 Å². The fourth-order valence-corrected chi connectivity index (χ4v) is 1.80. The molecule has 2 rings (SSSR count). The maximum atomic E-state index is 12.6. The Morgan fingerprint density at radius 2 is 2.27 bits per heavy atom. The third-order valence-electron chi connectivity index (χ3n) is 3.23. The molecule has 86 valence electrons. The summed E-state index contributed by atoms with van der Waals surface area (Å²) in [4.78, 5) is 6.28. The van der Waals surface area contributed by atoms with Crippen LogP contribution < -0.4 is 5.32 Å². The van der Waals surface area contributed by atoms with Gasteiger partial charge in [-0.3, -0.25) is 4.99 Å². The van der Waals surface area contributed by atoms with E-state index in [9.17, 15) is 8.78 Å². The van der Waals surface area contributed by atoms with E-state index in [0.29, 0.717) is 19.4 Å². The fraction of sp³-hybridized carbons (Fsp3) is 0.900. The van der Waals surface area contributed by atoms with Gasteiger partial charge in [-0.15, -0.1) is 0 Å². The number of hydrogen-bond donors (Lipinski definition) is 1. The molecule has 0 aromatic rings. The average molecular weight is 217 g/mol. The van der Waals surface area contributed by atoms with E-state index in [0.717, 1.165) is 25.5 Å². The highest BCUT2D eigenvalue weighted by Crippen LogP contribution is 2.50. The van der Waals surface area contributed by atoms with Gasteiger partial charge in [0.15, 0.2) is 5.96 Å². The Kier molecular flexibility index (Phi) is 2.80. The van der Waals surface area contributed by atoms with Crippen molar-refractivity contribution in [3.8, 4) is 0 Å². The number of aliphatic imine (C=N–C) groups is 1. The van der Waals surface area contributed by atoms with Crippen LogP contribution in [0.4, 0.5) is 8.78 Å². The normalized spacial score (nSPS) is 24.0. The first kappa shape index (κ1) is 10.6. The average Bonchev–Trinajstić information content (AvgIpc) is 2.98. The Labute approximate surface area is 88.5 Å². The van der Waals surface area contributed by atoms with Crippen LogP contribution in [0.1, 0.15) is 19.3 Å². The van der Waals surface area contributed by atoms with Crippen LogP contribution in [0.15, 0.2) is 4.99 Å². The van der Waals surface area contributed by atoms with Gasteiger partial charge < -0.3 is 10.2 Å². The van der Waals surface area contributed by atoms with Crippen LogP contribution >= 0.6 is 0 Å². The molecule has 0 amide bonds. The van der Waals surface area contributed by atoms with Gasteiger partial charge in [-0.25, -0.2) is 8.78 Å². The highest BCUT2D eigenvalue weighted by atomic mass is 19.3. The molecule has 5 heteroatoms. The zero-order valence-corrected chi connectivity index (χ0v) is 8.97. The quantitative estimate of drug-likeness (QED) is 0.772. The molecule has 0 radical (unpaired) electrons. The lowest BCUT2D eigenvalue weighted by Crippen LogP contribution is -2.45. The summed E-state index contributed by atoms with van der Waals surface area (Å²) in [5.74, 6) is 0.771. The first-order valence-corrected chi connectivity index (χ1v) is 5.42. The van der Waals surface area contributed by atoms with Crippen molar-refractivity contribution in [2.75, 3.05) is 26.7 Å². The zero-order valence-electron chi connectivity index (χ0n) is 8.97. The van der Waals surface area contributed by atoms with E-state index in [1.54, 1.807) is 0 Å². The minimum absolute atomic E-state index is 0.355. The maximum absolute atomic E-state index is 12.6. The molecule has 1 saturated carbocycles. The molecule has 1 heterocycles. The van der Waals surface area contributed by atoms with E-state index in [4.69, 9.17) is 0 Å². The van der Waals surface area contributed by atoms with Crippen LogP contribution in [-0.4, -0.2) is 44.0 Å². The number of halogens is 2. The van der Waals surface area contributed by atoms with Crippen LogP contribution in [0.3, 0.4) is 0 Å². The summed E-state index contributed by atoms with van der Waals surface area (Å²) < 4.78 is 25.3. The first-order chi connectivity index (χ1) is 7.14. The second-order valence-electron chi connectivity index (χ2n) is 4.50. The van der Waals surface area contributed by atoms with Crippen molar-refractivity contribution in [3.63, 3.8) is 0 Å². The van der Waals surface area contributed by atoms with Crippen LogP contribution in [0.2, 0.25) is 0 Å². The Bertz CT molecular complexity index is 261. The minimum atomic E-state index is -2.21. The van der Waals surface area contributed by atoms with Crippen LogP contribution in [0.25, 0.3) is 0 Å². The lowest BCUT2D eigenvalue weighted by molar-refractivity contribution is 0.0635. The van der Waals surface area contributed by atoms with E-state index in [2.05, 4.69) is 10.3 Å². The molecule has 3 nitrogen and oxygen atoms in total. The van der Waals surface area contributed by atoms with Gasteiger partial charge in [0, 0.05) is 32.1 Å². The minimum Gasteiger partial charge on any atom is -0.355 e. The Morgan fingerprint density at radius 3 is 2.80 bits per heavy atom. The summed E-state index contributed by atoms with van der Waals surface area (Å²) >= 11 is 0. The fourth-order valence-electron chi connectivity index (χ4n) is 1.80. The second-order valence-corrected chi connectivity index (χ2v) is 4.50. The molecule has 0 aromatic heterocycles. The summed E-state index contributed by atoms with van der Waals surface area (Å²) in [6.07, 6.45) is 0.102. The predicted octanol–water partition coefficient (Wildman–Crippen LogP) is 1.31. The largest absolute Gasteiger partial charge is 0.355 e. The van der Waals surface area contributed by atoms with Crippen molar-refractivity contribution in [2.24, 2.45) is 10.4 Å². The third-order valence-corrected chi connectivity index (χ3v) is 3.23. The summed E-state index contributed by atoms with van der Waals surface area (Å²) in [7, 11) is 1.94.